The minimum atomic E-state index is -0.995. The number of hydrogen-bond donors (Lipinski definition) is 1. The predicted octanol–water partition coefficient (Wildman–Crippen LogP) is 7.81. The SMILES string of the molecule is Cc1cn(-c2ccc(/C=C3\N=C4N(C)CCC(C)(c5ccc(F)cc5)N4C3=O)cc2C)cn1.Cc1cn(-c2ccc(/C=C3\N=C4N(C)CCC(CO)(c5ccc(F)cc5)N4C3=O)cc2C)cn1. The summed E-state index contributed by atoms with van der Waals surface area (Å²) in [4.78, 5) is 52.3. The summed E-state index contributed by atoms with van der Waals surface area (Å²) < 4.78 is 31.1. The van der Waals surface area contributed by atoms with E-state index in [1.165, 1.54) is 24.3 Å². The number of guanidine groups is 2. The van der Waals surface area contributed by atoms with Crippen molar-refractivity contribution in [2.24, 2.45) is 9.98 Å². The topological polar surface area (TPSA) is 128 Å². The van der Waals surface area contributed by atoms with Gasteiger partial charge in [-0.25, -0.2) is 28.7 Å². The Morgan fingerprint density at radius 2 is 1.07 bits per heavy atom. The van der Waals surface area contributed by atoms with Crippen molar-refractivity contribution in [1.82, 2.24) is 38.7 Å². The molecule has 1 N–H and O–H groups in total. The minimum Gasteiger partial charge on any atom is -0.394 e. The van der Waals surface area contributed by atoms with Crippen LogP contribution in [0.3, 0.4) is 0 Å². The standard InChI is InChI=1S/C26H26FN5O2.C26H26FN5O/c1-17-12-19(4-9-23(17)31-14-18(2)28-16-31)13-22-24(34)32-25(29-22)30(3)11-10-26(32,15-33)20-5-7-21(27)8-6-20;1-17-13-19(5-10-23(17)31-15-18(2)28-16-31)14-22-24(33)32-25(29-22)30(4)12-11-26(32,3)20-6-8-21(27)9-7-20/h4-9,12-14,16,33H,10-11,15H2,1-3H3;5-10,13-16H,11-12H2,1-4H3/b22-13-;22-14-. The summed E-state index contributed by atoms with van der Waals surface area (Å²) in [7, 11) is 3.82. The molecule has 4 aliphatic rings. The fourth-order valence-electron chi connectivity index (χ4n) is 9.41. The van der Waals surface area contributed by atoms with Crippen LogP contribution in [0, 0.1) is 39.3 Å². The van der Waals surface area contributed by atoms with E-state index in [0.717, 1.165) is 63.5 Å². The summed E-state index contributed by atoms with van der Waals surface area (Å²) in [6.07, 6.45) is 12.4. The highest BCUT2D eigenvalue weighted by molar-refractivity contribution is 6.15. The quantitative estimate of drug-likeness (QED) is 0.162. The average molecular weight is 903 g/mol. The maximum Gasteiger partial charge on any atom is 0.280 e. The van der Waals surface area contributed by atoms with Crippen LogP contribution in [0.2, 0.25) is 0 Å². The normalized spacial score (nSPS) is 21.4. The number of halogens is 2. The number of amides is 2. The zero-order chi connectivity index (χ0) is 47.4. The number of imidazole rings is 2. The van der Waals surface area contributed by atoms with E-state index >= 15 is 0 Å². The lowest BCUT2D eigenvalue weighted by molar-refractivity contribution is -0.131. The van der Waals surface area contributed by atoms with E-state index in [2.05, 4.69) is 15.0 Å². The van der Waals surface area contributed by atoms with Gasteiger partial charge >= 0.3 is 0 Å². The molecule has 0 saturated carbocycles. The third kappa shape index (κ3) is 8.13. The van der Waals surface area contributed by atoms with Crippen LogP contribution in [0.15, 0.2) is 131 Å². The number of aliphatic imine (C=N–C) groups is 2. The van der Waals surface area contributed by atoms with Crippen molar-refractivity contribution in [2.75, 3.05) is 33.8 Å². The first-order valence-electron chi connectivity index (χ1n) is 22.2. The number of fused-ring (bicyclic) bond motifs is 2. The molecule has 67 heavy (non-hydrogen) atoms. The van der Waals surface area contributed by atoms with Crippen LogP contribution in [0.25, 0.3) is 23.5 Å². The van der Waals surface area contributed by atoms with Crippen LogP contribution in [0.1, 0.15) is 64.5 Å². The number of benzene rings is 4. The molecule has 2 unspecified atom stereocenters. The molecule has 15 heteroatoms. The van der Waals surface area contributed by atoms with Gasteiger partial charge in [-0.15, -0.1) is 0 Å². The number of aliphatic hydroxyl groups is 1. The van der Waals surface area contributed by atoms with Crippen LogP contribution in [-0.4, -0.2) is 101 Å². The van der Waals surface area contributed by atoms with Gasteiger partial charge in [0.25, 0.3) is 11.8 Å². The molecular weight excluding hydrogens is 851 g/mol. The van der Waals surface area contributed by atoms with Crippen molar-refractivity contribution < 1.29 is 23.5 Å². The molecule has 2 aromatic heterocycles. The Hall–Kier alpha value is -7.52. The van der Waals surface area contributed by atoms with E-state index in [9.17, 15) is 23.5 Å². The first-order valence-corrected chi connectivity index (χ1v) is 22.2. The fraction of sp³-hybridized carbons (Fsp3) is 0.269. The maximum atomic E-state index is 13.6. The first kappa shape index (κ1) is 44.7. The van der Waals surface area contributed by atoms with Crippen LogP contribution >= 0.6 is 0 Å². The van der Waals surface area contributed by atoms with E-state index in [-0.39, 0.29) is 30.1 Å². The summed E-state index contributed by atoms with van der Waals surface area (Å²) in [6.45, 7) is 11.0. The highest BCUT2D eigenvalue weighted by Crippen LogP contribution is 2.42. The molecule has 2 fully saturated rings. The zero-order valence-corrected chi connectivity index (χ0v) is 38.6. The lowest BCUT2D eigenvalue weighted by Crippen LogP contribution is -2.61. The largest absolute Gasteiger partial charge is 0.394 e. The van der Waals surface area contributed by atoms with Crippen molar-refractivity contribution in [3.63, 3.8) is 0 Å². The van der Waals surface area contributed by atoms with Gasteiger partial charge in [0, 0.05) is 51.0 Å². The molecule has 6 heterocycles. The summed E-state index contributed by atoms with van der Waals surface area (Å²) in [5, 5.41) is 10.5. The second kappa shape index (κ2) is 17.4. The van der Waals surface area contributed by atoms with Crippen LogP contribution < -0.4 is 0 Å². The van der Waals surface area contributed by atoms with Crippen molar-refractivity contribution in [2.45, 2.75) is 58.5 Å². The smallest absolute Gasteiger partial charge is 0.280 e. The molecule has 2 amide bonds. The molecule has 0 spiro atoms. The summed E-state index contributed by atoms with van der Waals surface area (Å²) in [5.74, 6) is 0.0377. The molecular formula is C52H52F2N10O3. The third-order valence-electron chi connectivity index (χ3n) is 13.2. The Morgan fingerprint density at radius 1 is 0.627 bits per heavy atom. The molecule has 6 aromatic rings. The molecule has 4 aromatic carbocycles. The summed E-state index contributed by atoms with van der Waals surface area (Å²) in [5.41, 5.74) is 8.52. The minimum absolute atomic E-state index is 0.143. The van der Waals surface area contributed by atoms with Gasteiger partial charge in [0.15, 0.2) is 0 Å². The van der Waals surface area contributed by atoms with Crippen molar-refractivity contribution >= 4 is 35.9 Å². The van der Waals surface area contributed by atoms with Crippen molar-refractivity contribution in [3.05, 3.63) is 178 Å². The van der Waals surface area contributed by atoms with Crippen LogP contribution in [-0.2, 0) is 20.7 Å². The lowest BCUT2D eigenvalue weighted by atomic mass is 9.83. The Morgan fingerprint density at radius 3 is 1.52 bits per heavy atom. The van der Waals surface area contributed by atoms with Gasteiger partial charge in [0.05, 0.1) is 36.2 Å². The van der Waals surface area contributed by atoms with Gasteiger partial charge in [-0.2, -0.15) is 0 Å². The van der Waals surface area contributed by atoms with Crippen LogP contribution in [0.5, 0.6) is 0 Å². The van der Waals surface area contributed by atoms with Gasteiger partial charge in [0.1, 0.15) is 28.6 Å². The summed E-state index contributed by atoms with van der Waals surface area (Å²) in [6, 6.07) is 24.4. The monoisotopic (exact) mass is 902 g/mol. The molecule has 4 aliphatic heterocycles. The molecule has 10 rings (SSSR count). The van der Waals surface area contributed by atoms with Gasteiger partial charge in [-0.1, -0.05) is 36.4 Å². The zero-order valence-electron chi connectivity index (χ0n) is 38.6. The number of carbonyl (C=O) groups is 2. The van der Waals surface area contributed by atoms with Crippen molar-refractivity contribution in [1.29, 1.82) is 0 Å². The fourth-order valence-corrected chi connectivity index (χ4v) is 9.41. The molecule has 13 nitrogen and oxygen atoms in total. The van der Waals surface area contributed by atoms with Crippen molar-refractivity contribution in [3.8, 4) is 11.4 Å². The lowest BCUT2D eigenvalue weighted by Gasteiger charge is -2.47. The number of hydrogen-bond acceptors (Lipinski definition) is 9. The Kier molecular flexibility index (Phi) is 11.6. The van der Waals surface area contributed by atoms with E-state index < -0.39 is 11.1 Å². The highest BCUT2D eigenvalue weighted by Gasteiger charge is 2.52. The maximum absolute atomic E-state index is 13.6. The van der Waals surface area contributed by atoms with E-state index in [1.54, 1.807) is 52.8 Å². The molecule has 0 radical (unpaired) electrons. The number of aliphatic hydroxyl groups excluding tert-OH is 1. The Balaban J connectivity index is 0.000000168. The molecule has 2 atom stereocenters. The Labute approximate surface area is 388 Å². The average Bonchev–Trinajstić information content (AvgIpc) is 4.10. The predicted molar refractivity (Wildman–Crippen MR) is 254 cm³/mol. The molecule has 0 aliphatic carbocycles. The van der Waals surface area contributed by atoms with E-state index in [4.69, 9.17) is 4.99 Å². The second-order valence-electron chi connectivity index (χ2n) is 17.9. The highest BCUT2D eigenvalue weighted by atomic mass is 19.1. The van der Waals surface area contributed by atoms with E-state index in [0.29, 0.717) is 41.8 Å². The van der Waals surface area contributed by atoms with Gasteiger partial charge in [0.2, 0.25) is 11.9 Å². The number of aromatic nitrogens is 4. The molecule has 0 bridgehead atoms. The number of nitrogens with zero attached hydrogens (tertiary/aromatic N) is 10. The van der Waals surface area contributed by atoms with Gasteiger partial charge < -0.3 is 24.0 Å². The van der Waals surface area contributed by atoms with Gasteiger partial charge in [-0.3, -0.25) is 19.4 Å². The van der Waals surface area contributed by atoms with Crippen LogP contribution in [0.4, 0.5) is 8.78 Å². The Bertz CT molecular complexity index is 3040. The van der Waals surface area contributed by atoms with Gasteiger partial charge in [-0.05, 0) is 142 Å². The third-order valence-corrected chi connectivity index (χ3v) is 13.2. The molecule has 342 valence electrons. The molecule has 2 saturated heterocycles. The first-order chi connectivity index (χ1) is 32.1. The summed E-state index contributed by atoms with van der Waals surface area (Å²) >= 11 is 0. The number of aryl methyl sites for hydroxylation is 4. The second-order valence-corrected chi connectivity index (χ2v) is 17.9. The number of rotatable bonds is 7. The number of carbonyl (C=O) groups excluding carboxylic acids is 2. The van der Waals surface area contributed by atoms with E-state index in [1.807, 2.05) is 123 Å².